The van der Waals surface area contributed by atoms with Crippen LogP contribution in [0.3, 0.4) is 0 Å². The van der Waals surface area contributed by atoms with Gasteiger partial charge in [-0.15, -0.1) is 11.3 Å². The van der Waals surface area contributed by atoms with Crippen molar-refractivity contribution in [1.29, 1.82) is 0 Å². The van der Waals surface area contributed by atoms with Gasteiger partial charge in [-0.05, 0) is 42.5 Å². The molecule has 2 aromatic heterocycles. The van der Waals surface area contributed by atoms with Crippen molar-refractivity contribution >= 4 is 23.2 Å². The number of nitrogens with zero attached hydrogens (tertiary/aromatic N) is 3. The fourth-order valence-corrected chi connectivity index (χ4v) is 4.86. The summed E-state index contributed by atoms with van der Waals surface area (Å²) in [5.41, 5.74) is 1.96. The van der Waals surface area contributed by atoms with Crippen LogP contribution >= 0.6 is 11.3 Å². The Hall–Kier alpha value is -3.19. The Morgan fingerprint density at radius 2 is 1.88 bits per heavy atom. The number of benzene rings is 1. The highest BCUT2D eigenvalue weighted by atomic mass is 32.1. The van der Waals surface area contributed by atoms with Gasteiger partial charge in [0.05, 0.1) is 0 Å². The van der Waals surface area contributed by atoms with E-state index in [1.807, 2.05) is 53.4 Å². The molecule has 0 bridgehead atoms. The first kappa shape index (κ1) is 22.0. The lowest BCUT2D eigenvalue weighted by molar-refractivity contribution is -0.134. The predicted octanol–water partition coefficient (Wildman–Crippen LogP) is 4.47. The number of piperidine rings is 1. The first-order chi connectivity index (χ1) is 15.6. The summed E-state index contributed by atoms with van der Waals surface area (Å²) >= 11 is 1.39. The molecule has 1 aliphatic heterocycles. The average molecular weight is 450 g/mol. The third-order valence-electron chi connectivity index (χ3n) is 5.50. The molecule has 0 unspecified atom stereocenters. The van der Waals surface area contributed by atoms with Gasteiger partial charge in [-0.2, -0.15) is 0 Å². The standard InChI is InChI=1S/C25H27N3O3S/c1-27(17-19-9-8-12-26-16-19)25(30)24-21(15-22(32-24)20-10-4-2-5-11-20)31-18-23(29)28-13-6-3-7-14-28/h2,4-5,8-12,15-16H,3,6-7,13-14,17-18H2,1H3. The van der Waals surface area contributed by atoms with Crippen LogP contribution in [0, 0.1) is 0 Å². The van der Waals surface area contributed by atoms with E-state index in [0.29, 0.717) is 17.2 Å². The smallest absolute Gasteiger partial charge is 0.267 e. The summed E-state index contributed by atoms with van der Waals surface area (Å²) in [4.78, 5) is 35.0. The van der Waals surface area contributed by atoms with Crippen molar-refractivity contribution in [3.05, 3.63) is 71.4 Å². The molecule has 0 N–H and O–H groups in total. The van der Waals surface area contributed by atoms with Gasteiger partial charge in [0.1, 0.15) is 10.6 Å². The number of carbonyl (C=O) groups excluding carboxylic acids is 2. The Labute approximate surface area is 192 Å². The molecular weight excluding hydrogens is 422 g/mol. The first-order valence-corrected chi connectivity index (χ1v) is 11.7. The number of pyridine rings is 1. The molecule has 7 heteroatoms. The number of aromatic nitrogens is 1. The van der Waals surface area contributed by atoms with E-state index in [9.17, 15) is 9.59 Å². The van der Waals surface area contributed by atoms with Crippen LogP contribution < -0.4 is 4.74 Å². The largest absolute Gasteiger partial charge is 0.482 e. The van der Waals surface area contributed by atoms with Gasteiger partial charge in [-0.1, -0.05) is 36.4 Å². The molecule has 6 nitrogen and oxygen atoms in total. The molecule has 2 amide bonds. The van der Waals surface area contributed by atoms with Gasteiger partial charge in [0.15, 0.2) is 6.61 Å². The van der Waals surface area contributed by atoms with Crippen molar-refractivity contribution in [3.63, 3.8) is 0 Å². The number of likely N-dealkylation sites (tertiary alicyclic amines) is 1. The van der Waals surface area contributed by atoms with E-state index in [2.05, 4.69) is 4.98 Å². The molecule has 4 rings (SSSR count). The van der Waals surface area contributed by atoms with E-state index in [4.69, 9.17) is 4.74 Å². The van der Waals surface area contributed by atoms with Crippen LogP contribution in [0.4, 0.5) is 0 Å². The molecule has 32 heavy (non-hydrogen) atoms. The second-order valence-corrected chi connectivity index (χ2v) is 8.97. The molecule has 0 saturated carbocycles. The summed E-state index contributed by atoms with van der Waals surface area (Å²) in [6, 6.07) is 15.6. The summed E-state index contributed by atoms with van der Waals surface area (Å²) in [6.45, 7) is 1.94. The number of hydrogen-bond acceptors (Lipinski definition) is 5. The summed E-state index contributed by atoms with van der Waals surface area (Å²) in [7, 11) is 1.76. The summed E-state index contributed by atoms with van der Waals surface area (Å²) < 4.78 is 5.94. The number of rotatable bonds is 7. The monoisotopic (exact) mass is 449 g/mol. The Kier molecular flexibility index (Phi) is 7.17. The highest BCUT2D eigenvalue weighted by Crippen LogP contribution is 2.37. The van der Waals surface area contributed by atoms with E-state index in [1.54, 1.807) is 24.3 Å². The van der Waals surface area contributed by atoms with Crippen LogP contribution in [0.1, 0.15) is 34.5 Å². The second kappa shape index (κ2) is 10.4. The van der Waals surface area contributed by atoms with E-state index in [0.717, 1.165) is 48.4 Å². The van der Waals surface area contributed by atoms with Gasteiger partial charge in [-0.25, -0.2) is 0 Å². The Balaban J connectivity index is 1.54. The summed E-state index contributed by atoms with van der Waals surface area (Å²) in [5.74, 6) is 0.294. The molecule has 1 fully saturated rings. The minimum absolute atomic E-state index is 0.0284. The van der Waals surface area contributed by atoms with Gasteiger partial charge in [0, 0.05) is 44.0 Å². The van der Waals surface area contributed by atoms with Crippen molar-refractivity contribution in [3.8, 4) is 16.2 Å². The fourth-order valence-electron chi connectivity index (χ4n) is 3.76. The topological polar surface area (TPSA) is 62.7 Å². The Bertz CT molecular complexity index is 1050. The molecular formula is C25H27N3O3S. The number of ether oxygens (including phenoxy) is 1. The maximum absolute atomic E-state index is 13.3. The molecule has 3 aromatic rings. The molecule has 166 valence electrons. The van der Waals surface area contributed by atoms with Gasteiger partial charge < -0.3 is 14.5 Å². The summed E-state index contributed by atoms with van der Waals surface area (Å²) in [6.07, 6.45) is 6.69. The van der Waals surface area contributed by atoms with Gasteiger partial charge in [-0.3, -0.25) is 14.6 Å². The van der Waals surface area contributed by atoms with Crippen LogP contribution in [0.5, 0.6) is 5.75 Å². The van der Waals surface area contributed by atoms with E-state index >= 15 is 0 Å². The molecule has 0 atom stereocenters. The number of hydrogen-bond donors (Lipinski definition) is 0. The Morgan fingerprint density at radius 1 is 1.09 bits per heavy atom. The van der Waals surface area contributed by atoms with E-state index in [-0.39, 0.29) is 18.4 Å². The molecule has 1 aromatic carbocycles. The highest BCUT2D eigenvalue weighted by Gasteiger charge is 2.24. The zero-order chi connectivity index (χ0) is 22.3. The maximum atomic E-state index is 13.3. The summed E-state index contributed by atoms with van der Waals surface area (Å²) in [5, 5.41) is 0. The number of amides is 2. The number of thiophene rings is 1. The normalized spacial score (nSPS) is 13.6. The molecule has 0 spiro atoms. The van der Waals surface area contributed by atoms with E-state index < -0.39 is 0 Å². The minimum atomic E-state index is -0.138. The molecule has 1 saturated heterocycles. The van der Waals surface area contributed by atoms with Crippen molar-refractivity contribution in [2.75, 3.05) is 26.7 Å². The quantitative estimate of drug-likeness (QED) is 0.534. The van der Waals surface area contributed by atoms with Gasteiger partial charge >= 0.3 is 0 Å². The second-order valence-electron chi connectivity index (χ2n) is 7.92. The average Bonchev–Trinajstić information content (AvgIpc) is 3.28. The zero-order valence-corrected chi connectivity index (χ0v) is 19.0. The molecule has 1 aliphatic rings. The number of carbonyl (C=O) groups is 2. The van der Waals surface area contributed by atoms with Gasteiger partial charge in [0.2, 0.25) is 0 Å². The van der Waals surface area contributed by atoms with Crippen molar-refractivity contribution in [2.24, 2.45) is 0 Å². The lowest BCUT2D eigenvalue weighted by atomic mass is 10.1. The van der Waals surface area contributed by atoms with Gasteiger partial charge in [0.25, 0.3) is 11.8 Å². The van der Waals surface area contributed by atoms with Crippen LogP contribution in [0.15, 0.2) is 60.9 Å². The van der Waals surface area contributed by atoms with Crippen molar-refractivity contribution in [1.82, 2.24) is 14.8 Å². The van der Waals surface area contributed by atoms with Crippen LogP contribution in [0.25, 0.3) is 10.4 Å². The lowest BCUT2D eigenvalue weighted by Crippen LogP contribution is -2.38. The SMILES string of the molecule is CN(Cc1cccnc1)C(=O)c1sc(-c2ccccc2)cc1OCC(=O)N1CCCCC1. The molecule has 0 radical (unpaired) electrons. The third-order valence-corrected chi connectivity index (χ3v) is 6.65. The van der Waals surface area contributed by atoms with Crippen LogP contribution in [0.2, 0.25) is 0 Å². The minimum Gasteiger partial charge on any atom is -0.482 e. The Morgan fingerprint density at radius 3 is 2.59 bits per heavy atom. The van der Waals surface area contributed by atoms with Crippen molar-refractivity contribution in [2.45, 2.75) is 25.8 Å². The predicted molar refractivity (Wildman–Crippen MR) is 126 cm³/mol. The highest BCUT2D eigenvalue weighted by molar-refractivity contribution is 7.17. The van der Waals surface area contributed by atoms with Crippen LogP contribution in [-0.4, -0.2) is 53.3 Å². The first-order valence-electron chi connectivity index (χ1n) is 10.9. The molecule has 3 heterocycles. The molecule has 0 aliphatic carbocycles. The fraction of sp³-hybridized carbons (Fsp3) is 0.320. The van der Waals surface area contributed by atoms with Crippen LogP contribution in [-0.2, 0) is 11.3 Å². The zero-order valence-electron chi connectivity index (χ0n) is 18.2. The van der Waals surface area contributed by atoms with Crippen molar-refractivity contribution < 1.29 is 14.3 Å². The van der Waals surface area contributed by atoms with E-state index in [1.165, 1.54) is 11.3 Å². The third kappa shape index (κ3) is 5.34. The lowest BCUT2D eigenvalue weighted by Gasteiger charge is -2.26. The maximum Gasteiger partial charge on any atom is 0.267 e.